The molecule has 5 atom stereocenters. The molecular formula is C24H29N3O3. The Balaban J connectivity index is 1.41. The highest BCUT2D eigenvalue weighted by Gasteiger charge is 2.58. The van der Waals surface area contributed by atoms with Gasteiger partial charge in [0.25, 0.3) is 0 Å². The van der Waals surface area contributed by atoms with E-state index in [0.29, 0.717) is 6.42 Å². The van der Waals surface area contributed by atoms with Crippen molar-refractivity contribution in [2.24, 2.45) is 23.7 Å². The quantitative estimate of drug-likeness (QED) is 0.616. The number of allylic oxidation sites excluding steroid dienone is 2. The average molecular weight is 408 g/mol. The zero-order valence-corrected chi connectivity index (χ0v) is 17.2. The summed E-state index contributed by atoms with van der Waals surface area (Å²) in [7, 11) is 0. The van der Waals surface area contributed by atoms with Crippen LogP contribution in [0, 0.1) is 23.7 Å². The first kappa shape index (κ1) is 19.3. The standard InChI is InChI=1S/C24H29N3O3/c28-22-20-17-9-10-18(12-11-17)21(20)23(29)27(22)19(15-16-7-3-1-4-8-16)25-24(30)26-13-5-2-6-14-26/h1,3-4,7-10,17-21H,2,5-6,11-15H2,(H,25,30)/t17-,18-,19-,20+,21+/m0/s1. The van der Waals surface area contributed by atoms with E-state index in [9.17, 15) is 14.4 Å². The van der Waals surface area contributed by atoms with Crippen LogP contribution in [0.1, 0.15) is 37.7 Å². The number of urea groups is 1. The Hall–Kier alpha value is -2.63. The van der Waals surface area contributed by atoms with Gasteiger partial charge in [-0.05, 0) is 49.5 Å². The molecule has 6 nitrogen and oxygen atoms in total. The topological polar surface area (TPSA) is 69.7 Å². The Bertz CT molecular complexity index is 830. The number of hydrogen-bond acceptors (Lipinski definition) is 3. The number of hydrogen-bond donors (Lipinski definition) is 1. The van der Waals surface area contributed by atoms with Gasteiger partial charge in [0, 0.05) is 19.5 Å². The number of carbonyl (C=O) groups is 3. The lowest BCUT2D eigenvalue weighted by atomic mass is 9.63. The summed E-state index contributed by atoms with van der Waals surface area (Å²) >= 11 is 0. The van der Waals surface area contributed by atoms with Gasteiger partial charge in [-0.15, -0.1) is 0 Å². The first-order valence-corrected chi connectivity index (χ1v) is 11.3. The lowest BCUT2D eigenvalue weighted by Gasteiger charge is -2.38. The molecule has 1 aromatic carbocycles. The summed E-state index contributed by atoms with van der Waals surface area (Å²) in [6.07, 6.45) is 9.11. The minimum atomic E-state index is -0.646. The van der Waals surface area contributed by atoms with E-state index >= 15 is 0 Å². The van der Waals surface area contributed by atoms with Crippen LogP contribution in [0.3, 0.4) is 0 Å². The molecule has 5 aliphatic rings. The molecule has 0 radical (unpaired) electrons. The van der Waals surface area contributed by atoms with E-state index in [0.717, 1.165) is 50.8 Å². The van der Waals surface area contributed by atoms with Gasteiger partial charge in [0.2, 0.25) is 11.8 Å². The van der Waals surface area contributed by atoms with E-state index in [2.05, 4.69) is 17.5 Å². The van der Waals surface area contributed by atoms with E-state index in [1.807, 2.05) is 35.2 Å². The Kier molecular flexibility index (Phi) is 5.09. The Morgan fingerprint density at radius 2 is 1.53 bits per heavy atom. The molecule has 30 heavy (non-hydrogen) atoms. The third-order valence-electron chi connectivity index (χ3n) is 7.31. The largest absolute Gasteiger partial charge is 0.325 e. The molecule has 2 bridgehead atoms. The second-order valence-electron chi connectivity index (χ2n) is 9.09. The lowest BCUT2D eigenvalue weighted by molar-refractivity contribution is -0.143. The molecule has 0 aromatic heterocycles. The minimum Gasteiger partial charge on any atom is -0.325 e. The maximum Gasteiger partial charge on any atom is 0.319 e. The van der Waals surface area contributed by atoms with Crippen LogP contribution in [0.15, 0.2) is 42.5 Å². The summed E-state index contributed by atoms with van der Waals surface area (Å²) in [5.74, 6) is -0.432. The monoisotopic (exact) mass is 407 g/mol. The van der Waals surface area contributed by atoms with Crippen molar-refractivity contribution in [1.29, 1.82) is 0 Å². The van der Waals surface area contributed by atoms with Gasteiger partial charge in [-0.1, -0.05) is 42.5 Å². The Morgan fingerprint density at radius 3 is 2.10 bits per heavy atom. The normalized spacial score (nSPS) is 31.1. The molecule has 2 saturated heterocycles. The molecule has 6 rings (SSSR count). The number of amides is 4. The van der Waals surface area contributed by atoms with Crippen molar-refractivity contribution in [3.05, 3.63) is 48.0 Å². The zero-order valence-electron chi connectivity index (χ0n) is 17.2. The highest BCUT2D eigenvalue weighted by molar-refractivity contribution is 6.06. The van der Waals surface area contributed by atoms with E-state index in [1.165, 1.54) is 4.90 Å². The number of nitrogens with one attached hydrogen (secondary N) is 1. The SMILES string of the molecule is O=C(N[C@H](Cc1ccccc1)N1C(=O)[C@H]2[C@H](C1=O)[C@H]1C=C[C@H]2CC1)N1CCCCC1. The van der Waals surface area contributed by atoms with Crippen molar-refractivity contribution in [2.75, 3.05) is 13.1 Å². The summed E-state index contributed by atoms with van der Waals surface area (Å²) in [6.45, 7) is 1.45. The molecule has 3 fully saturated rings. The van der Waals surface area contributed by atoms with Crippen molar-refractivity contribution in [3.63, 3.8) is 0 Å². The molecule has 158 valence electrons. The number of likely N-dealkylation sites (tertiary alicyclic amines) is 2. The molecule has 1 saturated carbocycles. The van der Waals surface area contributed by atoms with Gasteiger partial charge in [-0.2, -0.15) is 0 Å². The maximum absolute atomic E-state index is 13.4. The van der Waals surface area contributed by atoms with Crippen LogP contribution >= 0.6 is 0 Å². The van der Waals surface area contributed by atoms with Crippen LogP contribution in [0.2, 0.25) is 0 Å². The van der Waals surface area contributed by atoms with Crippen LogP contribution < -0.4 is 5.32 Å². The van der Waals surface area contributed by atoms with Gasteiger partial charge in [0.1, 0.15) is 6.17 Å². The molecule has 3 aliphatic carbocycles. The number of benzene rings is 1. The first-order chi connectivity index (χ1) is 14.6. The van der Waals surface area contributed by atoms with E-state index in [4.69, 9.17) is 0 Å². The molecule has 1 N–H and O–H groups in total. The maximum atomic E-state index is 13.4. The van der Waals surface area contributed by atoms with Crippen LogP contribution in [0.4, 0.5) is 4.79 Å². The predicted molar refractivity (Wildman–Crippen MR) is 112 cm³/mol. The van der Waals surface area contributed by atoms with Gasteiger partial charge in [0.05, 0.1) is 11.8 Å². The van der Waals surface area contributed by atoms with Gasteiger partial charge in [-0.3, -0.25) is 14.5 Å². The molecule has 2 aliphatic heterocycles. The molecular weight excluding hydrogens is 378 g/mol. The van der Waals surface area contributed by atoms with Gasteiger partial charge >= 0.3 is 6.03 Å². The van der Waals surface area contributed by atoms with Crippen molar-refractivity contribution in [3.8, 4) is 0 Å². The van der Waals surface area contributed by atoms with Crippen molar-refractivity contribution in [1.82, 2.24) is 15.1 Å². The molecule has 6 heteroatoms. The molecule has 2 heterocycles. The first-order valence-electron chi connectivity index (χ1n) is 11.3. The fourth-order valence-electron chi connectivity index (χ4n) is 5.78. The Labute approximate surface area is 177 Å². The van der Waals surface area contributed by atoms with E-state index in [-0.39, 0.29) is 41.5 Å². The summed E-state index contributed by atoms with van der Waals surface area (Å²) in [6, 6.07) is 9.60. The highest BCUT2D eigenvalue weighted by atomic mass is 16.2. The van der Waals surface area contributed by atoms with Crippen LogP contribution in [0.25, 0.3) is 0 Å². The van der Waals surface area contributed by atoms with Crippen LogP contribution in [0.5, 0.6) is 0 Å². The third-order valence-corrected chi connectivity index (χ3v) is 7.31. The summed E-state index contributed by atoms with van der Waals surface area (Å²) in [5, 5.41) is 3.05. The number of carbonyl (C=O) groups excluding carboxylic acids is 3. The minimum absolute atomic E-state index is 0.107. The smallest absolute Gasteiger partial charge is 0.319 e. The van der Waals surface area contributed by atoms with Crippen LogP contribution in [-0.4, -0.2) is 46.9 Å². The summed E-state index contributed by atoms with van der Waals surface area (Å²) < 4.78 is 0. The molecule has 1 aromatic rings. The van der Waals surface area contributed by atoms with Gasteiger partial charge in [0.15, 0.2) is 0 Å². The Morgan fingerprint density at radius 1 is 0.933 bits per heavy atom. The number of nitrogens with zero attached hydrogens (tertiary/aromatic N) is 2. The molecule has 0 unspecified atom stereocenters. The number of fused-ring (bicyclic) bond motifs is 1. The van der Waals surface area contributed by atoms with Crippen molar-refractivity contribution in [2.45, 2.75) is 44.7 Å². The highest BCUT2D eigenvalue weighted by Crippen LogP contribution is 2.50. The number of piperidine rings is 1. The molecule has 0 spiro atoms. The van der Waals surface area contributed by atoms with Crippen LogP contribution in [-0.2, 0) is 16.0 Å². The second-order valence-corrected chi connectivity index (χ2v) is 9.09. The number of rotatable bonds is 4. The molecule has 4 amide bonds. The fourth-order valence-corrected chi connectivity index (χ4v) is 5.78. The van der Waals surface area contributed by atoms with Crippen molar-refractivity contribution >= 4 is 17.8 Å². The number of imide groups is 1. The van der Waals surface area contributed by atoms with E-state index in [1.54, 1.807) is 0 Å². The second kappa shape index (κ2) is 7.89. The lowest BCUT2D eigenvalue weighted by Crippen LogP contribution is -2.56. The van der Waals surface area contributed by atoms with Gasteiger partial charge in [-0.25, -0.2) is 4.79 Å². The van der Waals surface area contributed by atoms with E-state index < -0.39 is 6.17 Å². The summed E-state index contributed by atoms with van der Waals surface area (Å²) in [5.41, 5.74) is 0.998. The average Bonchev–Trinajstić information content (AvgIpc) is 3.08. The fraction of sp³-hybridized carbons (Fsp3) is 0.542. The predicted octanol–water partition coefficient (Wildman–Crippen LogP) is 2.95. The van der Waals surface area contributed by atoms with Gasteiger partial charge < -0.3 is 10.2 Å². The van der Waals surface area contributed by atoms with Crippen molar-refractivity contribution < 1.29 is 14.4 Å². The third kappa shape index (κ3) is 3.32. The zero-order chi connectivity index (χ0) is 20.7. The summed E-state index contributed by atoms with van der Waals surface area (Å²) in [4.78, 5) is 43.1.